The minimum Gasteiger partial charge on any atom is -0.298 e. The summed E-state index contributed by atoms with van der Waals surface area (Å²) in [5, 5.41) is 0.700. The van der Waals surface area contributed by atoms with Crippen molar-refractivity contribution in [2.45, 2.75) is 6.42 Å². The van der Waals surface area contributed by atoms with Gasteiger partial charge in [0.1, 0.15) is 5.82 Å². The van der Waals surface area contributed by atoms with Gasteiger partial charge >= 0.3 is 0 Å². The van der Waals surface area contributed by atoms with E-state index in [4.69, 9.17) is 11.6 Å². The second kappa shape index (κ2) is 4.86. The molecule has 0 fully saturated rings. The van der Waals surface area contributed by atoms with Gasteiger partial charge in [-0.05, 0) is 11.6 Å². The average Bonchev–Trinajstić information content (AvgIpc) is 2.33. The summed E-state index contributed by atoms with van der Waals surface area (Å²) in [7, 11) is 0. The molecule has 1 heterocycles. The third-order valence-electron chi connectivity index (χ3n) is 2.17. The molecule has 0 aliphatic carbocycles. The monoisotopic (exact) mass is 232 g/mol. The first-order valence-corrected chi connectivity index (χ1v) is 5.17. The van der Waals surface area contributed by atoms with Crippen molar-refractivity contribution in [1.29, 1.82) is 0 Å². The molecule has 1 aromatic heterocycles. The van der Waals surface area contributed by atoms with Crippen molar-refractivity contribution in [2.24, 2.45) is 0 Å². The molecule has 3 nitrogen and oxygen atoms in total. The van der Waals surface area contributed by atoms with Crippen molar-refractivity contribution in [3.05, 3.63) is 58.6 Å². The van der Waals surface area contributed by atoms with E-state index in [1.807, 2.05) is 24.3 Å². The van der Waals surface area contributed by atoms with Gasteiger partial charge in [0, 0.05) is 23.8 Å². The molecule has 1 aromatic carbocycles. The Bertz CT molecular complexity index is 497. The van der Waals surface area contributed by atoms with Crippen molar-refractivity contribution >= 4 is 17.9 Å². The van der Waals surface area contributed by atoms with E-state index in [9.17, 15) is 4.79 Å². The van der Waals surface area contributed by atoms with Crippen LogP contribution in [-0.2, 0) is 6.42 Å². The molecule has 0 aliphatic rings. The van der Waals surface area contributed by atoms with Crippen LogP contribution in [0.15, 0.2) is 36.7 Å². The Morgan fingerprint density at radius 2 is 1.88 bits per heavy atom. The Labute approximate surface area is 98.1 Å². The minimum absolute atomic E-state index is 0.475. The molecular weight excluding hydrogens is 224 g/mol. The highest BCUT2D eigenvalue weighted by Gasteiger charge is 2.03. The van der Waals surface area contributed by atoms with E-state index >= 15 is 0 Å². The molecule has 0 unspecified atom stereocenters. The topological polar surface area (TPSA) is 42.9 Å². The second-order valence-corrected chi connectivity index (χ2v) is 3.73. The third kappa shape index (κ3) is 2.44. The molecule has 0 N–H and O–H groups in total. The minimum atomic E-state index is 0.475. The van der Waals surface area contributed by atoms with Crippen molar-refractivity contribution in [3.63, 3.8) is 0 Å². The molecule has 80 valence electrons. The Balaban J connectivity index is 2.21. The molecule has 0 atom stereocenters. The first-order valence-electron chi connectivity index (χ1n) is 4.79. The lowest BCUT2D eigenvalue weighted by Crippen LogP contribution is -1.97. The molecule has 0 amide bonds. The van der Waals surface area contributed by atoms with Crippen LogP contribution < -0.4 is 0 Å². The van der Waals surface area contributed by atoms with Crippen LogP contribution in [0.1, 0.15) is 21.7 Å². The Kier molecular flexibility index (Phi) is 3.27. The molecule has 0 saturated carbocycles. The Hall–Kier alpha value is -1.74. The number of halogens is 1. The van der Waals surface area contributed by atoms with E-state index in [-0.39, 0.29) is 0 Å². The van der Waals surface area contributed by atoms with Crippen LogP contribution in [0, 0.1) is 0 Å². The molecule has 2 aromatic rings. The number of rotatable bonds is 3. The number of carbonyl (C=O) groups excluding carboxylic acids is 1. The van der Waals surface area contributed by atoms with Crippen LogP contribution >= 0.6 is 11.6 Å². The third-order valence-corrected chi connectivity index (χ3v) is 2.54. The summed E-state index contributed by atoms with van der Waals surface area (Å²) >= 11 is 6.02. The lowest BCUT2D eigenvalue weighted by Gasteiger charge is -2.02. The van der Waals surface area contributed by atoms with Gasteiger partial charge in [-0.15, -0.1) is 0 Å². The highest BCUT2D eigenvalue weighted by molar-refractivity contribution is 6.31. The average molecular weight is 233 g/mol. The van der Waals surface area contributed by atoms with E-state index in [1.165, 1.54) is 12.4 Å². The number of hydrogen-bond donors (Lipinski definition) is 0. The highest BCUT2D eigenvalue weighted by Crippen LogP contribution is 2.17. The van der Waals surface area contributed by atoms with Gasteiger partial charge in [-0.3, -0.25) is 4.79 Å². The Morgan fingerprint density at radius 3 is 2.50 bits per heavy atom. The quantitative estimate of drug-likeness (QED) is 0.764. The molecule has 0 bridgehead atoms. The van der Waals surface area contributed by atoms with Gasteiger partial charge in [-0.1, -0.05) is 29.8 Å². The summed E-state index contributed by atoms with van der Waals surface area (Å²) in [4.78, 5) is 18.6. The lowest BCUT2D eigenvalue weighted by atomic mass is 10.1. The fourth-order valence-corrected chi connectivity index (χ4v) is 1.53. The maximum atomic E-state index is 10.4. The van der Waals surface area contributed by atoms with Gasteiger partial charge in [0.05, 0.1) is 5.56 Å². The first-order chi connectivity index (χ1) is 7.79. The van der Waals surface area contributed by atoms with Crippen molar-refractivity contribution in [1.82, 2.24) is 9.97 Å². The van der Waals surface area contributed by atoms with Gasteiger partial charge in [0.25, 0.3) is 0 Å². The van der Waals surface area contributed by atoms with Crippen LogP contribution in [0.2, 0.25) is 5.02 Å². The molecule has 4 heteroatoms. The van der Waals surface area contributed by atoms with E-state index in [0.29, 0.717) is 22.8 Å². The zero-order valence-corrected chi connectivity index (χ0v) is 9.19. The van der Waals surface area contributed by atoms with Crippen LogP contribution in [0.5, 0.6) is 0 Å². The molecule has 0 saturated heterocycles. The van der Waals surface area contributed by atoms with Gasteiger partial charge < -0.3 is 0 Å². The van der Waals surface area contributed by atoms with E-state index in [2.05, 4.69) is 9.97 Å². The highest BCUT2D eigenvalue weighted by atomic mass is 35.5. The second-order valence-electron chi connectivity index (χ2n) is 3.32. The SMILES string of the molecule is O=Cc1cnc(Cc2ccccc2Cl)nc1. The molecule has 0 spiro atoms. The molecule has 2 rings (SSSR count). The predicted octanol–water partition coefficient (Wildman–Crippen LogP) is 2.53. The normalized spacial score (nSPS) is 10.1. The Morgan fingerprint density at radius 1 is 1.19 bits per heavy atom. The number of benzene rings is 1. The van der Waals surface area contributed by atoms with Gasteiger partial charge in [-0.25, -0.2) is 9.97 Å². The zero-order valence-electron chi connectivity index (χ0n) is 8.43. The van der Waals surface area contributed by atoms with Crippen LogP contribution in [0.25, 0.3) is 0 Å². The van der Waals surface area contributed by atoms with Crippen molar-refractivity contribution in [3.8, 4) is 0 Å². The number of carbonyl (C=O) groups is 1. The lowest BCUT2D eigenvalue weighted by molar-refractivity contribution is 0.112. The van der Waals surface area contributed by atoms with Crippen LogP contribution in [-0.4, -0.2) is 16.3 Å². The number of hydrogen-bond acceptors (Lipinski definition) is 3. The number of aldehydes is 1. The summed E-state index contributed by atoms with van der Waals surface area (Å²) in [5.41, 5.74) is 1.45. The fraction of sp³-hybridized carbons (Fsp3) is 0.0833. The smallest absolute Gasteiger partial charge is 0.153 e. The van der Waals surface area contributed by atoms with Crippen molar-refractivity contribution < 1.29 is 4.79 Å². The fourth-order valence-electron chi connectivity index (χ4n) is 1.33. The zero-order chi connectivity index (χ0) is 11.4. The maximum absolute atomic E-state index is 10.4. The molecule has 16 heavy (non-hydrogen) atoms. The standard InChI is InChI=1S/C12H9ClN2O/c13-11-4-2-1-3-10(11)5-12-14-6-9(8-16)7-15-12/h1-4,6-8H,5H2. The largest absolute Gasteiger partial charge is 0.298 e. The van der Waals surface area contributed by atoms with Crippen LogP contribution in [0.4, 0.5) is 0 Å². The summed E-state index contributed by atoms with van der Waals surface area (Å²) in [6.07, 6.45) is 4.30. The molecule has 0 aliphatic heterocycles. The van der Waals surface area contributed by atoms with E-state index in [1.54, 1.807) is 0 Å². The molecule has 0 radical (unpaired) electrons. The summed E-state index contributed by atoms with van der Waals surface area (Å²) in [6, 6.07) is 7.55. The van der Waals surface area contributed by atoms with E-state index in [0.717, 1.165) is 11.8 Å². The van der Waals surface area contributed by atoms with E-state index < -0.39 is 0 Å². The van der Waals surface area contributed by atoms with Crippen molar-refractivity contribution in [2.75, 3.05) is 0 Å². The van der Waals surface area contributed by atoms with Gasteiger partial charge in [0.2, 0.25) is 0 Å². The summed E-state index contributed by atoms with van der Waals surface area (Å²) in [5.74, 6) is 0.652. The van der Waals surface area contributed by atoms with Gasteiger partial charge in [0.15, 0.2) is 6.29 Å². The molecular formula is C12H9ClN2O. The summed E-state index contributed by atoms with van der Waals surface area (Å²) in [6.45, 7) is 0. The van der Waals surface area contributed by atoms with Crippen LogP contribution in [0.3, 0.4) is 0 Å². The maximum Gasteiger partial charge on any atom is 0.153 e. The predicted molar refractivity (Wildman–Crippen MR) is 61.7 cm³/mol. The number of aromatic nitrogens is 2. The number of nitrogens with zero attached hydrogens (tertiary/aromatic N) is 2. The first kappa shape index (κ1) is 10.8. The summed E-state index contributed by atoms with van der Waals surface area (Å²) < 4.78 is 0. The van der Waals surface area contributed by atoms with Gasteiger partial charge in [-0.2, -0.15) is 0 Å².